The topological polar surface area (TPSA) is 20.3 Å². The van der Waals surface area contributed by atoms with Crippen molar-refractivity contribution in [2.24, 2.45) is 5.92 Å². The minimum Gasteiger partial charge on any atom is -0.296 e. The predicted octanol–water partition coefficient (Wildman–Crippen LogP) is 4.69. The molecule has 1 aromatic rings. The summed E-state index contributed by atoms with van der Waals surface area (Å²) >= 11 is 12.0. The van der Waals surface area contributed by atoms with Crippen LogP contribution in [0.25, 0.3) is 0 Å². The molecule has 4 heteroatoms. The van der Waals surface area contributed by atoms with Crippen molar-refractivity contribution in [1.82, 2.24) is 4.90 Å². The zero-order valence-electron chi connectivity index (χ0n) is 12.0. The number of hydrogen-bond donors (Lipinski definition) is 0. The van der Waals surface area contributed by atoms with Gasteiger partial charge in [0.05, 0.1) is 11.6 Å². The first-order chi connectivity index (χ1) is 9.47. The van der Waals surface area contributed by atoms with Gasteiger partial charge >= 0.3 is 0 Å². The molecule has 0 aliphatic heterocycles. The highest BCUT2D eigenvalue weighted by Crippen LogP contribution is 2.27. The maximum atomic E-state index is 12.4. The van der Waals surface area contributed by atoms with Crippen LogP contribution < -0.4 is 0 Å². The van der Waals surface area contributed by atoms with Gasteiger partial charge in [0.25, 0.3) is 0 Å². The Morgan fingerprint density at radius 2 is 2.10 bits per heavy atom. The molecular weight excluding hydrogens is 293 g/mol. The number of nitrogens with zero attached hydrogens (tertiary/aromatic N) is 1. The van der Waals surface area contributed by atoms with E-state index in [1.165, 1.54) is 25.7 Å². The van der Waals surface area contributed by atoms with Gasteiger partial charge in [-0.3, -0.25) is 9.69 Å². The molecule has 2 unspecified atom stereocenters. The third-order valence-electron chi connectivity index (χ3n) is 4.15. The van der Waals surface area contributed by atoms with E-state index in [1.54, 1.807) is 18.2 Å². The molecule has 0 N–H and O–H groups in total. The van der Waals surface area contributed by atoms with Crippen LogP contribution in [0.15, 0.2) is 18.2 Å². The van der Waals surface area contributed by atoms with Gasteiger partial charge in [0, 0.05) is 16.6 Å². The SMILES string of the molecule is CC1CCCC(N(C)CC(=O)c2cc(Cl)ccc2Cl)C1. The van der Waals surface area contributed by atoms with Gasteiger partial charge in [-0.05, 0) is 44.0 Å². The quantitative estimate of drug-likeness (QED) is 0.752. The number of benzene rings is 1. The van der Waals surface area contributed by atoms with Crippen LogP contribution in [0.1, 0.15) is 43.0 Å². The molecule has 2 atom stereocenters. The number of hydrogen-bond acceptors (Lipinski definition) is 2. The monoisotopic (exact) mass is 313 g/mol. The normalized spacial score (nSPS) is 23.1. The van der Waals surface area contributed by atoms with Gasteiger partial charge in [-0.25, -0.2) is 0 Å². The second-order valence-electron chi connectivity index (χ2n) is 5.89. The maximum absolute atomic E-state index is 12.4. The van der Waals surface area contributed by atoms with Crippen molar-refractivity contribution in [3.05, 3.63) is 33.8 Å². The lowest BCUT2D eigenvalue weighted by Crippen LogP contribution is -2.38. The lowest BCUT2D eigenvalue weighted by atomic mass is 9.86. The molecule has 1 aromatic carbocycles. The van der Waals surface area contributed by atoms with Crippen LogP contribution in [0, 0.1) is 5.92 Å². The average Bonchev–Trinajstić information content (AvgIpc) is 2.41. The number of carbonyl (C=O) groups excluding carboxylic acids is 1. The first-order valence-electron chi connectivity index (χ1n) is 7.16. The van der Waals surface area contributed by atoms with E-state index in [1.807, 2.05) is 7.05 Å². The molecule has 0 radical (unpaired) electrons. The molecule has 0 heterocycles. The van der Waals surface area contributed by atoms with E-state index in [0.29, 0.717) is 28.2 Å². The van der Waals surface area contributed by atoms with Gasteiger partial charge in [0.15, 0.2) is 5.78 Å². The molecule has 0 bridgehead atoms. The van der Waals surface area contributed by atoms with E-state index in [9.17, 15) is 4.79 Å². The molecule has 0 amide bonds. The van der Waals surface area contributed by atoms with Gasteiger partial charge in [-0.2, -0.15) is 0 Å². The third kappa shape index (κ3) is 3.97. The van der Waals surface area contributed by atoms with Gasteiger partial charge in [-0.15, -0.1) is 0 Å². The Kier molecular flexibility index (Phi) is 5.48. The van der Waals surface area contributed by atoms with Gasteiger partial charge in [0.2, 0.25) is 0 Å². The zero-order chi connectivity index (χ0) is 14.7. The standard InChI is InChI=1S/C16H21Cl2NO/c1-11-4-3-5-13(8-11)19(2)10-16(20)14-9-12(17)6-7-15(14)18/h6-7,9,11,13H,3-5,8,10H2,1-2H3. The molecule has 2 rings (SSSR count). The van der Waals surface area contributed by atoms with Crippen LogP contribution in [0.3, 0.4) is 0 Å². The average molecular weight is 314 g/mol. The Morgan fingerprint density at radius 3 is 2.80 bits per heavy atom. The molecular formula is C16H21Cl2NO. The van der Waals surface area contributed by atoms with Crippen LogP contribution in [-0.4, -0.2) is 30.3 Å². The Hall–Kier alpha value is -0.570. The molecule has 1 saturated carbocycles. The smallest absolute Gasteiger partial charge is 0.178 e. The van der Waals surface area contributed by atoms with Crippen LogP contribution in [0.2, 0.25) is 10.0 Å². The second kappa shape index (κ2) is 6.93. The molecule has 1 fully saturated rings. The number of halogens is 2. The van der Waals surface area contributed by atoms with Crippen molar-refractivity contribution in [2.75, 3.05) is 13.6 Å². The Bertz CT molecular complexity index is 489. The Balaban J connectivity index is 2.01. The van der Waals surface area contributed by atoms with Gasteiger partial charge < -0.3 is 0 Å². The molecule has 2 nitrogen and oxygen atoms in total. The fourth-order valence-corrected chi connectivity index (χ4v) is 3.35. The van der Waals surface area contributed by atoms with E-state index in [0.717, 1.165) is 5.92 Å². The summed E-state index contributed by atoms with van der Waals surface area (Å²) in [5.74, 6) is 0.791. The minimum atomic E-state index is 0.0400. The van der Waals surface area contributed by atoms with Gasteiger partial charge in [0.1, 0.15) is 0 Å². The van der Waals surface area contributed by atoms with Crippen LogP contribution >= 0.6 is 23.2 Å². The van der Waals surface area contributed by atoms with Crippen molar-refractivity contribution in [2.45, 2.75) is 38.6 Å². The number of carbonyl (C=O) groups is 1. The predicted molar refractivity (Wildman–Crippen MR) is 84.8 cm³/mol. The summed E-state index contributed by atoms with van der Waals surface area (Å²) in [6.07, 6.45) is 4.91. The summed E-state index contributed by atoms with van der Waals surface area (Å²) in [4.78, 5) is 14.5. The largest absolute Gasteiger partial charge is 0.296 e. The van der Waals surface area contributed by atoms with E-state index in [4.69, 9.17) is 23.2 Å². The van der Waals surface area contributed by atoms with Crippen molar-refractivity contribution < 1.29 is 4.79 Å². The summed E-state index contributed by atoms with van der Waals surface area (Å²) in [7, 11) is 2.03. The van der Waals surface area contributed by atoms with Crippen LogP contribution in [0.5, 0.6) is 0 Å². The summed E-state index contributed by atoms with van der Waals surface area (Å²) in [6, 6.07) is 5.54. The molecule has 20 heavy (non-hydrogen) atoms. The molecule has 0 aromatic heterocycles. The highest BCUT2D eigenvalue weighted by atomic mass is 35.5. The van der Waals surface area contributed by atoms with Crippen molar-refractivity contribution in [1.29, 1.82) is 0 Å². The summed E-state index contributed by atoms with van der Waals surface area (Å²) in [6.45, 7) is 2.69. The lowest BCUT2D eigenvalue weighted by molar-refractivity contribution is 0.0882. The number of rotatable bonds is 4. The number of Topliss-reactive ketones (excluding diaryl/α,β-unsaturated/α-hetero) is 1. The highest BCUT2D eigenvalue weighted by Gasteiger charge is 2.24. The van der Waals surface area contributed by atoms with Crippen molar-refractivity contribution in [3.63, 3.8) is 0 Å². The highest BCUT2D eigenvalue weighted by molar-refractivity contribution is 6.36. The first kappa shape index (κ1) is 15.8. The molecule has 0 spiro atoms. The lowest BCUT2D eigenvalue weighted by Gasteiger charge is -2.33. The van der Waals surface area contributed by atoms with Gasteiger partial charge in [-0.1, -0.05) is 43.0 Å². The molecule has 1 aliphatic carbocycles. The second-order valence-corrected chi connectivity index (χ2v) is 6.73. The fraction of sp³-hybridized carbons (Fsp3) is 0.562. The maximum Gasteiger partial charge on any atom is 0.178 e. The summed E-state index contributed by atoms with van der Waals surface area (Å²) in [5, 5.41) is 1.02. The fourth-order valence-electron chi connectivity index (χ4n) is 2.95. The van der Waals surface area contributed by atoms with E-state index < -0.39 is 0 Å². The van der Waals surface area contributed by atoms with E-state index in [2.05, 4.69) is 11.8 Å². The minimum absolute atomic E-state index is 0.0400. The van der Waals surface area contributed by atoms with E-state index >= 15 is 0 Å². The van der Waals surface area contributed by atoms with Crippen molar-refractivity contribution in [3.8, 4) is 0 Å². The Labute approximate surface area is 131 Å². The van der Waals surface area contributed by atoms with Crippen LogP contribution in [-0.2, 0) is 0 Å². The molecule has 0 saturated heterocycles. The third-order valence-corrected chi connectivity index (χ3v) is 4.72. The summed E-state index contributed by atoms with van der Waals surface area (Å²) in [5.41, 5.74) is 0.523. The zero-order valence-corrected chi connectivity index (χ0v) is 13.5. The number of likely N-dealkylation sites (N-methyl/N-ethyl adjacent to an activating group) is 1. The van der Waals surface area contributed by atoms with Crippen molar-refractivity contribution >= 4 is 29.0 Å². The van der Waals surface area contributed by atoms with E-state index in [-0.39, 0.29) is 5.78 Å². The first-order valence-corrected chi connectivity index (χ1v) is 7.91. The number of ketones is 1. The summed E-state index contributed by atoms with van der Waals surface area (Å²) < 4.78 is 0. The molecule has 110 valence electrons. The van der Waals surface area contributed by atoms with Crippen LogP contribution in [0.4, 0.5) is 0 Å². The molecule has 1 aliphatic rings. The Morgan fingerprint density at radius 1 is 1.35 bits per heavy atom.